The summed E-state index contributed by atoms with van der Waals surface area (Å²) in [7, 11) is 0. The van der Waals surface area contributed by atoms with E-state index in [0.717, 1.165) is 6.42 Å². The van der Waals surface area contributed by atoms with Gasteiger partial charge in [-0.25, -0.2) is 0 Å². The van der Waals surface area contributed by atoms with Crippen molar-refractivity contribution in [3.05, 3.63) is 48.0 Å². The van der Waals surface area contributed by atoms with Crippen molar-refractivity contribution >= 4 is 0 Å². The highest BCUT2D eigenvalue weighted by Crippen LogP contribution is 2.43. The van der Waals surface area contributed by atoms with Crippen molar-refractivity contribution in [1.29, 1.82) is 0 Å². The molecule has 22 heavy (non-hydrogen) atoms. The number of ether oxygens (including phenoxy) is 1. The van der Waals surface area contributed by atoms with Gasteiger partial charge >= 0.3 is 0 Å². The molecule has 0 bridgehead atoms. The van der Waals surface area contributed by atoms with Crippen LogP contribution in [-0.2, 0) is 11.2 Å². The van der Waals surface area contributed by atoms with Gasteiger partial charge in [0.25, 0.3) is 0 Å². The molecule has 0 spiro atoms. The zero-order valence-corrected chi connectivity index (χ0v) is 12.6. The molecule has 1 aromatic carbocycles. The van der Waals surface area contributed by atoms with Gasteiger partial charge in [-0.05, 0) is 24.3 Å². The molecule has 120 valence electrons. The van der Waals surface area contributed by atoms with Gasteiger partial charge in [0.15, 0.2) is 6.29 Å². The molecule has 1 saturated heterocycles. The quantitative estimate of drug-likeness (QED) is 0.723. The summed E-state index contributed by atoms with van der Waals surface area (Å²) in [5, 5.41) is 29.8. The van der Waals surface area contributed by atoms with Gasteiger partial charge in [0.05, 0.1) is 18.3 Å². The maximum Gasteiger partial charge on any atom is 0.155 e. The molecule has 3 rings (SSSR count). The van der Waals surface area contributed by atoms with E-state index in [9.17, 15) is 15.3 Å². The maximum atomic E-state index is 10.1. The average Bonchev–Trinajstić information content (AvgIpc) is 2.99. The Balaban J connectivity index is 1.52. The summed E-state index contributed by atoms with van der Waals surface area (Å²) in [6.07, 6.45) is 4.59. The van der Waals surface area contributed by atoms with Crippen molar-refractivity contribution in [2.24, 2.45) is 11.8 Å². The zero-order valence-electron chi connectivity index (χ0n) is 12.6. The zero-order chi connectivity index (χ0) is 15.5. The van der Waals surface area contributed by atoms with Gasteiger partial charge in [0.2, 0.25) is 0 Å². The lowest BCUT2D eigenvalue weighted by Gasteiger charge is -2.16. The molecule has 1 aromatic rings. The second kappa shape index (κ2) is 6.92. The van der Waals surface area contributed by atoms with E-state index in [4.69, 9.17) is 4.74 Å². The van der Waals surface area contributed by atoms with Gasteiger partial charge in [-0.3, -0.25) is 0 Å². The van der Waals surface area contributed by atoms with Gasteiger partial charge in [-0.1, -0.05) is 42.5 Å². The number of aryl methyl sites for hydroxylation is 1. The molecule has 3 unspecified atom stereocenters. The van der Waals surface area contributed by atoms with Gasteiger partial charge in [-0.2, -0.15) is 0 Å². The topological polar surface area (TPSA) is 69.9 Å². The highest BCUT2D eigenvalue weighted by Gasteiger charge is 2.47. The highest BCUT2D eigenvalue weighted by atomic mass is 16.6. The van der Waals surface area contributed by atoms with Crippen molar-refractivity contribution < 1.29 is 20.1 Å². The maximum absolute atomic E-state index is 10.1. The summed E-state index contributed by atoms with van der Waals surface area (Å²) in [6, 6.07) is 10.1. The van der Waals surface area contributed by atoms with Crippen molar-refractivity contribution in [3.63, 3.8) is 0 Å². The van der Waals surface area contributed by atoms with E-state index in [1.807, 2.05) is 24.3 Å². The van der Waals surface area contributed by atoms with E-state index < -0.39 is 18.5 Å². The summed E-state index contributed by atoms with van der Waals surface area (Å²) >= 11 is 0. The summed E-state index contributed by atoms with van der Waals surface area (Å²) < 4.78 is 5.40. The first-order chi connectivity index (χ1) is 10.6. The minimum atomic E-state index is -0.707. The van der Waals surface area contributed by atoms with Gasteiger partial charge in [0.1, 0.15) is 0 Å². The van der Waals surface area contributed by atoms with E-state index in [2.05, 4.69) is 12.1 Å². The van der Waals surface area contributed by atoms with Crippen molar-refractivity contribution in [2.75, 3.05) is 0 Å². The Labute approximate surface area is 131 Å². The molecule has 3 N–H and O–H groups in total. The molecular formula is C18H24O4. The molecule has 2 fully saturated rings. The first-order valence-corrected chi connectivity index (χ1v) is 8.05. The fraction of sp³-hybridized carbons (Fsp3) is 0.556. The second-order valence-electron chi connectivity index (χ2n) is 6.39. The van der Waals surface area contributed by atoms with Gasteiger partial charge < -0.3 is 20.1 Å². The molecule has 1 aliphatic heterocycles. The highest BCUT2D eigenvalue weighted by molar-refractivity contribution is 5.15. The van der Waals surface area contributed by atoms with Crippen LogP contribution in [0.1, 0.15) is 24.8 Å². The molecule has 4 nitrogen and oxygen atoms in total. The van der Waals surface area contributed by atoms with E-state index >= 15 is 0 Å². The minimum absolute atomic E-state index is 0.0338. The fourth-order valence-corrected chi connectivity index (χ4v) is 3.64. The van der Waals surface area contributed by atoms with Crippen LogP contribution in [-0.4, -0.2) is 39.9 Å². The second-order valence-corrected chi connectivity index (χ2v) is 6.39. The van der Waals surface area contributed by atoms with Crippen LogP contribution in [0.15, 0.2) is 42.5 Å². The standard InChI is InChI=1S/C18H24O4/c19-13(7-6-12-4-2-1-3-5-12)8-9-14-15-10-18(21)22-17(15)11-16(14)20/h1-5,8-9,13-21H,6-7,10-11H2/t13?,14?,15-,16-,17+,18?/m1/s1. The first-order valence-electron chi connectivity index (χ1n) is 8.05. The van der Waals surface area contributed by atoms with Crippen LogP contribution in [0.25, 0.3) is 0 Å². The van der Waals surface area contributed by atoms with Crippen LogP contribution in [0.3, 0.4) is 0 Å². The van der Waals surface area contributed by atoms with Crippen LogP contribution in [0.4, 0.5) is 0 Å². The van der Waals surface area contributed by atoms with Crippen LogP contribution in [0, 0.1) is 11.8 Å². The molecule has 0 amide bonds. The molecule has 0 aromatic heterocycles. The predicted molar refractivity (Wildman–Crippen MR) is 83.0 cm³/mol. The van der Waals surface area contributed by atoms with E-state index in [1.54, 1.807) is 6.08 Å². The number of rotatable bonds is 5. The number of fused-ring (bicyclic) bond motifs is 1. The third-order valence-corrected chi connectivity index (χ3v) is 4.82. The molecule has 1 aliphatic carbocycles. The van der Waals surface area contributed by atoms with Crippen LogP contribution in [0.2, 0.25) is 0 Å². The van der Waals surface area contributed by atoms with Gasteiger partial charge in [-0.15, -0.1) is 0 Å². The Hall–Kier alpha value is -1.20. The van der Waals surface area contributed by atoms with Crippen molar-refractivity contribution in [1.82, 2.24) is 0 Å². The normalized spacial score (nSPS) is 35.9. The molecule has 2 aliphatic rings. The Kier molecular flexibility index (Phi) is 4.93. The lowest BCUT2D eigenvalue weighted by atomic mass is 9.91. The lowest BCUT2D eigenvalue weighted by molar-refractivity contribution is -0.0949. The summed E-state index contributed by atoms with van der Waals surface area (Å²) in [6.45, 7) is 0. The largest absolute Gasteiger partial charge is 0.392 e. The number of aliphatic hydroxyl groups is 3. The van der Waals surface area contributed by atoms with Crippen molar-refractivity contribution in [3.8, 4) is 0 Å². The molecule has 1 heterocycles. The smallest absolute Gasteiger partial charge is 0.155 e. The van der Waals surface area contributed by atoms with E-state index in [1.165, 1.54) is 5.56 Å². The monoisotopic (exact) mass is 304 g/mol. The Morgan fingerprint density at radius 1 is 1.18 bits per heavy atom. The molecule has 6 atom stereocenters. The van der Waals surface area contributed by atoms with E-state index in [-0.39, 0.29) is 17.9 Å². The Morgan fingerprint density at radius 2 is 1.95 bits per heavy atom. The van der Waals surface area contributed by atoms with Crippen LogP contribution in [0.5, 0.6) is 0 Å². The van der Waals surface area contributed by atoms with Gasteiger partial charge in [0, 0.05) is 18.8 Å². The first kappa shape index (κ1) is 15.7. The lowest BCUT2D eigenvalue weighted by Crippen LogP contribution is -2.19. The predicted octanol–water partition coefficient (Wildman–Crippen LogP) is 1.64. The Morgan fingerprint density at radius 3 is 2.73 bits per heavy atom. The number of aliphatic hydroxyl groups excluding tert-OH is 3. The number of benzene rings is 1. The van der Waals surface area contributed by atoms with Crippen molar-refractivity contribution in [2.45, 2.75) is 50.3 Å². The third-order valence-electron chi connectivity index (χ3n) is 4.82. The van der Waals surface area contributed by atoms with Crippen LogP contribution >= 0.6 is 0 Å². The number of hydrogen-bond acceptors (Lipinski definition) is 4. The Bertz CT molecular complexity index is 501. The fourth-order valence-electron chi connectivity index (χ4n) is 3.64. The molecule has 1 saturated carbocycles. The average molecular weight is 304 g/mol. The summed E-state index contributed by atoms with van der Waals surface area (Å²) in [4.78, 5) is 0. The molecular weight excluding hydrogens is 280 g/mol. The summed E-state index contributed by atoms with van der Waals surface area (Å²) in [5.74, 6) is 0.121. The minimum Gasteiger partial charge on any atom is -0.392 e. The third kappa shape index (κ3) is 3.58. The molecule has 4 heteroatoms. The number of hydrogen-bond donors (Lipinski definition) is 3. The van der Waals surface area contributed by atoms with Crippen LogP contribution < -0.4 is 0 Å². The summed E-state index contributed by atoms with van der Waals surface area (Å²) in [5.41, 5.74) is 1.21. The molecule has 0 radical (unpaired) electrons. The SMILES string of the molecule is OC(C=CC1[C@H](O)C[C@@H]2OC(O)C[C@H]12)CCc1ccccc1. The van der Waals surface area contributed by atoms with E-state index in [0.29, 0.717) is 19.3 Å².